The van der Waals surface area contributed by atoms with Crippen molar-refractivity contribution in [2.75, 3.05) is 40.0 Å². The molecule has 4 heteroatoms. The van der Waals surface area contributed by atoms with Gasteiger partial charge in [-0.05, 0) is 44.7 Å². The van der Waals surface area contributed by atoms with Gasteiger partial charge in [-0.2, -0.15) is 0 Å². The number of carbonyl (C=O) groups is 1. The van der Waals surface area contributed by atoms with Crippen LogP contribution in [0.1, 0.15) is 34.3 Å². The molecule has 1 aromatic rings. The van der Waals surface area contributed by atoms with Crippen LogP contribution in [0.2, 0.25) is 0 Å². The predicted octanol–water partition coefficient (Wildman–Crippen LogP) is 2.82. The van der Waals surface area contributed by atoms with E-state index in [1.807, 2.05) is 30.9 Å². The van der Waals surface area contributed by atoms with Crippen LogP contribution in [0, 0.1) is 19.8 Å². The molecule has 0 spiro atoms. The Kier molecular flexibility index (Phi) is 6.40. The second-order valence-corrected chi connectivity index (χ2v) is 6.18. The molecule has 0 saturated carbocycles. The number of aryl methyl sites for hydroxylation is 2. The maximum Gasteiger partial charge on any atom is 0.253 e. The lowest BCUT2D eigenvalue weighted by Gasteiger charge is -2.32. The van der Waals surface area contributed by atoms with Gasteiger partial charge in [0.25, 0.3) is 5.91 Å². The number of piperidine rings is 1. The third-order valence-electron chi connectivity index (χ3n) is 4.16. The van der Waals surface area contributed by atoms with Crippen molar-refractivity contribution < 1.29 is 14.3 Å². The molecule has 1 heterocycles. The van der Waals surface area contributed by atoms with E-state index in [1.165, 1.54) is 0 Å². The minimum Gasteiger partial charge on any atom is -0.382 e. The standard InChI is InChI=1S/C18H27NO3/c1-14-10-15(2)12-17(11-14)18(20)19-6-4-16(5-7-19)13-22-9-8-21-3/h10-12,16H,4-9,13H2,1-3H3. The number of carbonyl (C=O) groups excluding carboxylic acids is 1. The van der Waals surface area contributed by atoms with Crippen LogP contribution in [-0.2, 0) is 9.47 Å². The molecule has 0 aliphatic carbocycles. The average molecular weight is 305 g/mol. The van der Waals surface area contributed by atoms with Gasteiger partial charge >= 0.3 is 0 Å². The third-order valence-corrected chi connectivity index (χ3v) is 4.16. The van der Waals surface area contributed by atoms with Gasteiger partial charge in [-0.25, -0.2) is 0 Å². The van der Waals surface area contributed by atoms with Crippen molar-refractivity contribution in [2.45, 2.75) is 26.7 Å². The van der Waals surface area contributed by atoms with E-state index >= 15 is 0 Å². The van der Waals surface area contributed by atoms with Gasteiger partial charge in [0.2, 0.25) is 0 Å². The summed E-state index contributed by atoms with van der Waals surface area (Å²) in [7, 11) is 1.68. The summed E-state index contributed by atoms with van der Waals surface area (Å²) in [5.41, 5.74) is 3.10. The first-order valence-corrected chi connectivity index (χ1v) is 8.04. The summed E-state index contributed by atoms with van der Waals surface area (Å²) in [4.78, 5) is 14.6. The van der Waals surface area contributed by atoms with Gasteiger partial charge in [0.05, 0.1) is 13.2 Å². The molecule has 0 bridgehead atoms. The average Bonchev–Trinajstić information content (AvgIpc) is 2.50. The Morgan fingerprint density at radius 1 is 1.14 bits per heavy atom. The topological polar surface area (TPSA) is 38.8 Å². The summed E-state index contributed by atoms with van der Waals surface area (Å²) >= 11 is 0. The van der Waals surface area contributed by atoms with E-state index in [-0.39, 0.29) is 5.91 Å². The van der Waals surface area contributed by atoms with Crippen molar-refractivity contribution in [3.8, 4) is 0 Å². The highest BCUT2D eigenvalue weighted by atomic mass is 16.5. The first kappa shape index (κ1) is 17.0. The van der Waals surface area contributed by atoms with Gasteiger partial charge in [-0.15, -0.1) is 0 Å². The van der Waals surface area contributed by atoms with Crippen LogP contribution in [0.25, 0.3) is 0 Å². The number of methoxy groups -OCH3 is 1. The lowest BCUT2D eigenvalue weighted by atomic mass is 9.97. The summed E-state index contributed by atoms with van der Waals surface area (Å²) in [5.74, 6) is 0.714. The fraction of sp³-hybridized carbons (Fsp3) is 0.611. The number of ether oxygens (including phenoxy) is 2. The van der Waals surface area contributed by atoms with Crippen molar-refractivity contribution in [3.63, 3.8) is 0 Å². The molecule has 0 unspecified atom stereocenters. The van der Waals surface area contributed by atoms with Crippen molar-refractivity contribution in [1.82, 2.24) is 4.90 Å². The SMILES string of the molecule is COCCOCC1CCN(C(=O)c2cc(C)cc(C)c2)CC1. The van der Waals surface area contributed by atoms with Gasteiger partial charge in [0, 0.05) is 32.4 Å². The number of likely N-dealkylation sites (tertiary alicyclic amines) is 1. The highest BCUT2D eigenvalue weighted by Crippen LogP contribution is 2.20. The number of hydrogen-bond acceptors (Lipinski definition) is 3. The summed E-state index contributed by atoms with van der Waals surface area (Å²) < 4.78 is 10.6. The summed E-state index contributed by atoms with van der Waals surface area (Å²) in [5, 5.41) is 0. The van der Waals surface area contributed by atoms with Crippen molar-refractivity contribution in [2.24, 2.45) is 5.92 Å². The molecule has 2 rings (SSSR count). The van der Waals surface area contributed by atoms with E-state index in [1.54, 1.807) is 7.11 Å². The minimum absolute atomic E-state index is 0.158. The zero-order chi connectivity index (χ0) is 15.9. The van der Waals surface area contributed by atoms with E-state index in [0.717, 1.165) is 49.2 Å². The Morgan fingerprint density at radius 3 is 2.36 bits per heavy atom. The summed E-state index contributed by atoms with van der Waals surface area (Å²) in [6.45, 7) is 7.78. The highest BCUT2D eigenvalue weighted by Gasteiger charge is 2.23. The molecule has 22 heavy (non-hydrogen) atoms. The number of hydrogen-bond donors (Lipinski definition) is 0. The van der Waals surface area contributed by atoms with Crippen LogP contribution in [0.3, 0.4) is 0 Å². The number of rotatable bonds is 6. The Morgan fingerprint density at radius 2 is 1.77 bits per heavy atom. The van der Waals surface area contributed by atoms with Gasteiger partial charge < -0.3 is 14.4 Å². The molecule has 1 aromatic carbocycles. The molecular formula is C18H27NO3. The Labute approximate surface area is 133 Å². The maximum atomic E-state index is 12.6. The molecule has 1 aliphatic heterocycles. The van der Waals surface area contributed by atoms with Crippen LogP contribution in [0.4, 0.5) is 0 Å². The van der Waals surface area contributed by atoms with E-state index in [2.05, 4.69) is 6.07 Å². The first-order valence-electron chi connectivity index (χ1n) is 8.04. The van der Waals surface area contributed by atoms with Crippen LogP contribution in [-0.4, -0.2) is 50.8 Å². The smallest absolute Gasteiger partial charge is 0.253 e. The van der Waals surface area contributed by atoms with Crippen LogP contribution >= 0.6 is 0 Å². The summed E-state index contributed by atoms with van der Waals surface area (Å²) in [6, 6.07) is 6.06. The molecule has 1 aliphatic rings. The Hall–Kier alpha value is -1.39. The monoisotopic (exact) mass is 305 g/mol. The van der Waals surface area contributed by atoms with Crippen molar-refractivity contribution in [3.05, 3.63) is 34.9 Å². The number of nitrogens with zero attached hydrogens (tertiary/aromatic N) is 1. The van der Waals surface area contributed by atoms with Crippen LogP contribution in [0.15, 0.2) is 18.2 Å². The first-order chi connectivity index (χ1) is 10.6. The van der Waals surface area contributed by atoms with E-state index in [9.17, 15) is 4.79 Å². The van der Waals surface area contributed by atoms with Crippen LogP contribution < -0.4 is 0 Å². The predicted molar refractivity (Wildman–Crippen MR) is 87.2 cm³/mol. The fourth-order valence-electron chi connectivity index (χ4n) is 2.98. The molecular weight excluding hydrogens is 278 g/mol. The molecule has 0 aromatic heterocycles. The Balaban J connectivity index is 1.82. The lowest BCUT2D eigenvalue weighted by molar-refractivity contribution is 0.0327. The van der Waals surface area contributed by atoms with Gasteiger partial charge in [0.15, 0.2) is 0 Å². The molecule has 1 saturated heterocycles. The zero-order valence-corrected chi connectivity index (χ0v) is 13.9. The lowest BCUT2D eigenvalue weighted by Crippen LogP contribution is -2.39. The normalized spacial score (nSPS) is 16.0. The maximum absolute atomic E-state index is 12.6. The van der Waals surface area contributed by atoms with Gasteiger partial charge in [-0.1, -0.05) is 17.2 Å². The highest BCUT2D eigenvalue weighted by molar-refractivity contribution is 5.94. The van der Waals surface area contributed by atoms with Crippen LogP contribution in [0.5, 0.6) is 0 Å². The zero-order valence-electron chi connectivity index (χ0n) is 13.9. The molecule has 0 atom stereocenters. The second-order valence-electron chi connectivity index (χ2n) is 6.18. The second kappa shape index (κ2) is 8.30. The fourth-order valence-corrected chi connectivity index (χ4v) is 2.98. The summed E-state index contributed by atoms with van der Waals surface area (Å²) in [6.07, 6.45) is 2.03. The molecule has 4 nitrogen and oxygen atoms in total. The van der Waals surface area contributed by atoms with Crippen molar-refractivity contribution in [1.29, 1.82) is 0 Å². The third kappa shape index (κ3) is 4.82. The molecule has 1 amide bonds. The number of amides is 1. The Bertz CT molecular complexity index is 473. The van der Waals surface area contributed by atoms with E-state index in [0.29, 0.717) is 19.1 Å². The number of benzene rings is 1. The molecule has 122 valence electrons. The molecule has 1 fully saturated rings. The molecule has 0 N–H and O–H groups in total. The molecule has 0 radical (unpaired) electrons. The van der Waals surface area contributed by atoms with Gasteiger partial charge in [-0.3, -0.25) is 4.79 Å². The quantitative estimate of drug-likeness (QED) is 0.759. The van der Waals surface area contributed by atoms with Crippen molar-refractivity contribution >= 4 is 5.91 Å². The van der Waals surface area contributed by atoms with Gasteiger partial charge in [0.1, 0.15) is 0 Å². The van der Waals surface area contributed by atoms with E-state index < -0.39 is 0 Å². The van der Waals surface area contributed by atoms with E-state index in [4.69, 9.17) is 9.47 Å². The minimum atomic E-state index is 0.158. The largest absolute Gasteiger partial charge is 0.382 e.